The molecule has 0 spiro atoms. The van der Waals surface area contributed by atoms with E-state index < -0.39 is 0 Å². The monoisotopic (exact) mass is 438 g/mol. The third kappa shape index (κ3) is 11.6. The van der Waals surface area contributed by atoms with Gasteiger partial charge < -0.3 is 16.0 Å². The van der Waals surface area contributed by atoms with Gasteiger partial charge in [0.15, 0.2) is 5.96 Å². The molecular weight excluding hydrogens is 403 g/mol. The number of hydrogen-bond donors (Lipinski definition) is 3. The van der Waals surface area contributed by atoms with E-state index in [-0.39, 0.29) is 35.9 Å². The third-order valence-corrected chi connectivity index (χ3v) is 4.12. The van der Waals surface area contributed by atoms with Crippen LogP contribution in [0.1, 0.15) is 65.2 Å². The Balaban J connectivity index is 0.00000484. The number of carbonyl (C=O) groups is 1. The van der Waals surface area contributed by atoms with E-state index in [0.717, 1.165) is 18.4 Å². The lowest BCUT2D eigenvalue weighted by Gasteiger charge is -2.21. The summed E-state index contributed by atoms with van der Waals surface area (Å²) in [6, 6.07) is 0.199. The van der Waals surface area contributed by atoms with Crippen LogP contribution in [0, 0.1) is 5.92 Å². The fourth-order valence-corrected chi connectivity index (χ4v) is 2.98. The number of aliphatic imine (C=N–C) groups is 1. The van der Waals surface area contributed by atoms with Crippen molar-refractivity contribution in [3.05, 3.63) is 0 Å². The zero-order valence-electron chi connectivity index (χ0n) is 15.0. The van der Waals surface area contributed by atoms with E-state index in [1.54, 1.807) is 7.05 Å². The molecule has 0 aromatic rings. The number of halogens is 1. The van der Waals surface area contributed by atoms with Crippen LogP contribution >= 0.6 is 24.0 Å². The van der Waals surface area contributed by atoms with Crippen molar-refractivity contribution in [2.75, 3.05) is 20.1 Å². The van der Waals surface area contributed by atoms with Gasteiger partial charge in [-0.2, -0.15) is 0 Å². The van der Waals surface area contributed by atoms with Crippen molar-refractivity contribution in [1.29, 1.82) is 0 Å². The first kappa shape index (κ1) is 22.5. The predicted molar refractivity (Wildman–Crippen MR) is 108 cm³/mol. The van der Waals surface area contributed by atoms with Crippen LogP contribution in [0.5, 0.6) is 0 Å². The highest BCUT2D eigenvalue weighted by atomic mass is 127. The van der Waals surface area contributed by atoms with Gasteiger partial charge >= 0.3 is 0 Å². The van der Waals surface area contributed by atoms with Crippen molar-refractivity contribution in [3.8, 4) is 0 Å². The minimum Gasteiger partial charge on any atom is -0.356 e. The lowest BCUT2D eigenvalue weighted by Crippen LogP contribution is -2.40. The SMILES string of the molecule is CN=C(NCCCC1CCCCC1)NCCC(=O)NC(C)C.I. The molecule has 1 aliphatic rings. The second-order valence-electron chi connectivity index (χ2n) is 6.54. The molecule has 23 heavy (non-hydrogen) atoms. The van der Waals surface area contributed by atoms with E-state index >= 15 is 0 Å². The summed E-state index contributed by atoms with van der Waals surface area (Å²) in [5, 5.41) is 9.40. The van der Waals surface area contributed by atoms with Gasteiger partial charge in [-0.15, -0.1) is 24.0 Å². The maximum absolute atomic E-state index is 11.5. The summed E-state index contributed by atoms with van der Waals surface area (Å²) < 4.78 is 0. The van der Waals surface area contributed by atoms with Crippen LogP contribution in [0.25, 0.3) is 0 Å². The summed E-state index contributed by atoms with van der Waals surface area (Å²) >= 11 is 0. The van der Waals surface area contributed by atoms with E-state index in [1.165, 1.54) is 44.9 Å². The van der Waals surface area contributed by atoms with Crippen molar-refractivity contribution in [3.63, 3.8) is 0 Å². The zero-order chi connectivity index (χ0) is 16.2. The Morgan fingerprint density at radius 2 is 1.78 bits per heavy atom. The fraction of sp³-hybridized carbons (Fsp3) is 0.882. The lowest BCUT2D eigenvalue weighted by molar-refractivity contribution is -0.121. The van der Waals surface area contributed by atoms with Gasteiger partial charge in [0, 0.05) is 32.6 Å². The predicted octanol–water partition coefficient (Wildman–Crippen LogP) is 3.04. The van der Waals surface area contributed by atoms with Gasteiger partial charge in [-0.1, -0.05) is 32.1 Å². The topological polar surface area (TPSA) is 65.5 Å². The Morgan fingerprint density at radius 3 is 2.39 bits per heavy atom. The summed E-state index contributed by atoms with van der Waals surface area (Å²) in [5.41, 5.74) is 0. The van der Waals surface area contributed by atoms with Crippen LogP contribution in [0.4, 0.5) is 0 Å². The molecule has 1 amide bonds. The quantitative estimate of drug-likeness (QED) is 0.236. The molecule has 0 aromatic carbocycles. The van der Waals surface area contributed by atoms with E-state index in [0.29, 0.717) is 13.0 Å². The van der Waals surface area contributed by atoms with Crippen LogP contribution in [0.15, 0.2) is 4.99 Å². The van der Waals surface area contributed by atoms with Crippen LogP contribution in [0.3, 0.4) is 0 Å². The molecule has 0 bridgehead atoms. The van der Waals surface area contributed by atoms with E-state index in [4.69, 9.17) is 0 Å². The summed E-state index contributed by atoms with van der Waals surface area (Å²) in [4.78, 5) is 15.7. The molecule has 0 heterocycles. The molecule has 0 saturated heterocycles. The molecule has 0 aromatic heterocycles. The summed E-state index contributed by atoms with van der Waals surface area (Å²) in [7, 11) is 1.77. The highest BCUT2D eigenvalue weighted by Gasteiger charge is 2.12. The average molecular weight is 438 g/mol. The molecule has 1 rings (SSSR count). The maximum Gasteiger partial charge on any atom is 0.221 e. The molecule has 0 aliphatic heterocycles. The molecule has 6 heteroatoms. The standard InChI is InChI=1S/C17H34N4O.HI/c1-14(2)21-16(22)11-13-20-17(18-3)19-12-7-10-15-8-5-4-6-9-15;/h14-15H,4-13H2,1-3H3,(H,21,22)(H2,18,19,20);1H. The second-order valence-corrected chi connectivity index (χ2v) is 6.54. The van der Waals surface area contributed by atoms with E-state index in [2.05, 4.69) is 20.9 Å². The Hall–Kier alpha value is -0.530. The summed E-state index contributed by atoms with van der Waals surface area (Å²) in [5.74, 6) is 1.81. The normalized spacial score (nSPS) is 15.9. The molecule has 0 unspecified atom stereocenters. The molecule has 5 nitrogen and oxygen atoms in total. The van der Waals surface area contributed by atoms with Crippen molar-refractivity contribution < 1.29 is 4.79 Å². The molecule has 0 atom stereocenters. The van der Waals surface area contributed by atoms with Crippen molar-refractivity contribution in [1.82, 2.24) is 16.0 Å². The molecular formula is C17H35IN4O. The van der Waals surface area contributed by atoms with Crippen LogP contribution in [0.2, 0.25) is 0 Å². The molecule has 1 saturated carbocycles. The van der Waals surface area contributed by atoms with Gasteiger partial charge in [0.2, 0.25) is 5.91 Å². The maximum atomic E-state index is 11.5. The second kappa shape index (κ2) is 13.9. The van der Waals surface area contributed by atoms with Crippen LogP contribution < -0.4 is 16.0 Å². The fourth-order valence-electron chi connectivity index (χ4n) is 2.98. The molecule has 0 radical (unpaired) electrons. The first-order valence-corrected chi connectivity index (χ1v) is 8.85. The summed E-state index contributed by atoms with van der Waals surface area (Å²) in [6.07, 6.45) is 10.1. The van der Waals surface area contributed by atoms with Crippen LogP contribution in [-0.2, 0) is 4.79 Å². The number of amides is 1. The van der Waals surface area contributed by atoms with E-state index in [9.17, 15) is 4.79 Å². The Labute approximate surface area is 158 Å². The number of carbonyl (C=O) groups excluding carboxylic acids is 1. The lowest BCUT2D eigenvalue weighted by atomic mass is 9.86. The largest absolute Gasteiger partial charge is 0.356 e. The Morgan fingerprint density at radius 1 is 1.13 bits per heavy atom. The average Bonchev–Trinajstić information content (AvgIpc) is 2.50. The number of hydrogen-bond acceptors (Lipinski definition) is 2. The number of nitrogens with one attached hydrogen (secondary N) is 3. The first-order valence-electron chi connectivity index (χ1n) is 8.85. The van der Waals surface area contributed by atoms with Gasteiger partial charge in [0.05, 0.1) is 0 Å². The highest BCUT2D eigenvalue weighted by molar-refractivity contribution is 14.0. The molecule has 3 N–H and O–H groups in total. The minimum atomic E-state index is 0. The van der Waals surface area contributed by atoms with Gasteiger partial charge in [-0.25, -0.2) is 0 Å². The molecule has 1 aliphatic carbocycles. The Kier molecular flexibility index (Phi) is 13.5. The van der Waals surface area contributed by atoms with E-state index in [1.807, 2.05) is 13.8 Å². The van der Waals surface area contributed by atoms with Crippen molar-refractivity contribution >= 4 is 35.8 Å². The van der Waals surface area contributed by atoms with Gasteiger partial charge in [-0.05, 0) is 32.6 Å². The smallest absolute Gasteiger partial charge is 0.221 e. The summed E-state index contributed by atoms with van der Waals surface area (Å²) in [6.45, 7) is 5.51. The Bertz CT molecular complexity index is 341. The van der Waals surface area contributed by atoms with Gasteiger partial charge in [0.25, 0.3) is 0 Å². The van der Waals surface area contributed by atoms with Crippen molar-refractivity contribution in [2.45, 2.75) is 71.3 Å². The number of rotatable bonds is 8. The van der Waals surface area contributed by atoms with Crippen LogP contribution in [-0.4, -0.2) is 38.0 Å². The van der Waals surface area contributed by atoms with Crippen molar-refractivity contribution in [2.24, 2.45) is 10.9 Å². The third-order valence-electron chi connectivity index (χ3n) is 4.12. The first-order chi connectivity index (χ1) is 10.6. The number of nitrogens with zero attached hydrogens (tertiary/aromatic N) is 1. The van der Waals surface area contributed by atoms with Gasteiger partial charge in [-0.3, -0.25) is 9.79 Å². The highest BCUT2D eigenvalue weighted by Crippen LogP contribution is 2.26. The molecule has 1 fully saturated rings. The number of guanidine groups is 1. The zero-order valence-corrected chi connectivity index (χ0v) is 17.3. The minimum absolute atomic E-state index is 0. The molecule has 136 valence electrons. The van der Waals surface area contributed by atoms with Gasteiger partial charge in [0.1, 0.15) is 0 Å².